The van der Waals surface area contributed by atoms with Gasteiger partial charge in [-0.1, -0.05) is 0 Å². The summed E-state index contributed by atoms with van der Waals surface area (Å²) in [5, 5.41) is 3.76. The summed E-state index contributed by atoms with van der Waals surface area (Å²) >= 11 is 0. The van der Waals surface area contributed by atoms with Gasteiger partial charge in [-0.05, 0) is 42.8 Å². The molecule has 5 rings (SSSR count). The van der Waals surface area contributed by atoms with Crippen molar-refractivity contribution in [2.24, 2.45) is 0 Å². The van der Waals surface area contributed by atoms with Crippen LogP contribution in [0.5, 0.6) is 5.88 Å². The third-order valence-electron chi connectivity index (χ3n) is 6.20. The van der Waals surface area contributed by atoms with E-state index in [1.165, 1.54) is 6.20 Å². The topological polar surface area (TPSA) is 109 Å². The summed E-state index contributed by atoms with van der Waals surface area (Å²) in [6.45, 7) is 3.72. The zero-order chi connectivity index (χ0) is 22.9. The van der Waals surface area contributed by atoms with Crippen molar-refractivity contribution in [3.05, 3.63) is 41.5 Å². The summed E-state index contributed by atoms with van der Waals surface area (Å²) in [5.74, 6) is 0.381. The van der Waals surface area contributed by atoms with Gasteiger partial charge < -0.3 is 19.9 Å². The van der Waals surface area contributed by atoms with Crippen molar-refractivity contribution in [1.82, 2.24) is 9.97 Å². The monoisotopic (exact) mass is 452 g/mol. The predicted molar refractivity (Wildman–Crippen MR) is 122 cm³/mol. The van der Waals surface area contributed by atoms with Gasteiger partial charge in [0.15, 0.2) is 5.82 Å². The number of nitrogens with zero attached hydrogens (tertiary/aromatic N) is 2. The van der Waals surface area contributed by atoms with Crippen LogP contribution in [0.15, 0.2) is 24.5 Å². The molecule has 4 heterocycles. The van der Waals surface area contributed by atoms with Crippen LogP contribution in [0.2, 0.25) is 0 Å². The molecule has 1 amide bonds. The zero-order valence-corrected chi connectivity index (χ0v) is 18.3. The first-order valence-corrected chi connectivity index (χ1v) is 11.1. The van der Waals surface area contributed by atoms with Gasteiger partial charge in [-0.3, -0.25) is 5.32 Å². The van der Waals surface area contributed by atoms with Crippen LogP contribution in [0.1, 0.15) is 30.4 Å². The van der Waals surface area contributed by atoms with Crippen molar-refractivity contribution >= 4 is 28.4 Å². The molecule has 3 aromatic rings. The number of ether oxygens (including phenoxy) is 3. The lowest BCUT2D eigenvalue weighted by Gasteiger charge is -2.22. The van der Waals surface area contributed by atoms with E-state index in [-0.39, 0.29) is 11.8 Å². The van der Waals surface area contributed by atoms with E-state index >= 15 is 4.39 Å². The number of nitrogens with two attached hydrogens (primary N) is 1. The second kappa shape index (κ2) is 8.82. The third-order valence-corrected chi connectivity index (χ3v) is 6.20. The lowest BCUT2D eigenvalue weighted by Crippen LogP contribution is -2.28. The maximum atomic E-state index is 15.3. The normalized spacial score (nSPS) is 16.2. The molecule has 0 bridgehead atoms. The average molecular weight is 452 g/mol. The van der Waals surface area contributed by atoms with E-state index in [2.05, 4.69) is 15.3 Å². The molecule has 0 atom stereocenters. The van der Waals surface area contributed by atoms with E-state index in [1.54, 1.807) is 18.3 Å². The first-order chi connectivity index (χ1) is 16.0. The lowest BCUT2D eigenvalue weighted by atomic mass is 9.93. The summed E-state index contributed by atoms with van der Waals surface area (Å²) < 4.78 is 31.6. The molecule has 0 saturated carbocycles. The van der Waals surface area contributed by atoms with E-state index in [0.717, 1.165) is 24.0 Å². The Labute approximate surface area is 190 Å². The molecule has 1 fully saturated rings. The Bertz CT molecular complexity index is 1230. The molecule has 2 aliphatic heterocycles. The van der Waals surface area contributed by atoms with E-state index in [0.29, 0.717) is 66.3 Å². The number of nitrogen functional groups attached to an aromatic ring is 1. The Morgan fingerprint density at radius 1 is 1.18 bits per heavy atom. The van der Waals surface area contributed by atoms with Crippen LogP contribution in [0.25, 0.3) is 21.9 Å². The van der Waals surface area contributed by atoms with E-state index < -0.39 is 11.9 Å². The minimum absolute atomic E-state index is 0.000275. The van der Waals surface area contributed by atoms with Gasteiger partial charge in [-0.2, -0.15) is 0 Å². The molecule has 2 aliphatic rings. The number of benzene rings is 1. The SMILES string of the molecule is Cc1c(-c2cc3cc(NC(=O)OC4CCOCC4)ncc3c(N)c2F)cnc2c1CCCO2. The molecule has 0 spiro atoms. The van der Waals surface area contributed by atoms with Crippen molar-refractivity contribution in [2.45, 2.75) is 38.7 Å². The van der Waals surface area contributed by atoms with Crippen LogP contribution in [0.3, 0.4) is 0 Å². The van der Waals surface area contributed by atoms with Crippen molar-refractivity contribution in [2.75, 3.05) is 30.9 Å². The van der Waals surface area contributed by atoms with Gasteiger partial charge in [0.1, 0.15) is 11.9 Å². The van der Waals surface area contributed by atoms with Gasteiger partial charge in [-0.25, -0.2) is 19.2 Å². The van der Waals surface area contributed by atoms with Crippen LogP contribution in [0.4, 0.5) is 20.7 Å². The highest BCUT2D eigenvalue weighted by atomic mass is 19.1. The van der Waals surface area contributed by atoms with E-state index in [9.17, 15) is 4.79 Å². The summed E-state index contributed by atoms with van der Waals surface area (Å²) in [6.07, 6.45) is 5.36. The molecule has 3 N–H and O–H groups in total. The van der Waals surface area contributed by atoms with Gasteiger partial charge in [0.25, 0.3) is 0 Å². The van der Waals surface area contributed by atoms with Gasteiger partial charge in [0.2, 0.25) is 5.88 Å². The number of aromatic nitrogens is 2. The number of halogens is 1. The minimum Gasteiger partial charge on any atom is -0.477 e. The fourth-order valence-corrected chi connectivity index (χ4v) is 4.37. The summed E-state index contributed by atoms with van der Waals surface area (Å²) in [7, 11) is 0. The molecular weight excluding hydrogens is 427 g/mol. The molecule has 2 aromatic heterocycles. The first kappa shape index (κ1) is 21.4. The Hall–Kier alpha value is -3.46. The highest BCUT2D eigenvalue weighted by Crippen LogP contribution is 2.38. The minimum atomic E-state index is -0.584. The molecule has 1 saturated heterocycles. The first-order valence-electron chi connectivity index (χ1n) is 11.1. The largest absolute Gasteiger partial charge is 0.477 e. The lowest BCUT2D eigenvalue weighted by molar-refractivity contribution is 0.00590. The quantitative estimate of drug-likeness (QED) is 0.568. The number of hydrogen-bond acceptors (Lipinski definition) is 7. The number of hydrogen-bond donors (Lipinski definition) is 2. The predicted octanol–water partition coefficient (Wildman–Crippen LogP) is 4.38. The number of anilines is 2. The Kier molecular flexibility index (Phi) is 5.72. The van der Waals surface area contributed by atoms with Crippen molar-refractivity contribution in [3.8, 4) is 17.0 Å². The third kappa shape index (κ3) is 4.16. The number of fused-ring (bicyclic) bond motifs is 2. The second-order valence-corrected chi connectivity index (χ2v) is 8.32. The molecular formula is C24H25FN4O4. The van der Waals surface area contributed by atoms with Crippen LogP contribution in [-0.4, -0.2) is 42.0 Å². The number of carbonyl (C=O) groups is 1. The fourth-order valence-electron chi connectivity index (χ4n) is 4.37. The van der Waals surface area contributed by atoms with Gasteiger partial charge in [0.05, 0.1) is 25.5 Å². The number of amides is 1. The molecule has 1 aromatic carbocycles. The Morgan fingerprint density at radius 3 is 2.82 bits per heavy atom. The molecule has 8 nitrogen and oxygen atoms in total. The van der Waals surface area contributed by atoms with Crippen LogP contribution in [-0.2, 0) is 15.9 Å². The van der Waals surface area contributed by atoms with E-state index in [4.69, 9.17) is 19.9 Å². The fraction of sp³-hybridized carbons (Fsp3) is 0.375. The average Bonchev–Trinajstić information content (AvgIpc) is 2.82. The van der Waals surface area contributed by atoms with Gasteiger partial charge in [0, 0.05) is 47.3 Å². The van der Waals surface area contributed by atoms with Crippen LogP contribution < -0.4 is 15.8 Å². The molecule has 0 aliphatic carbocycles. The molecule has 172 valence electrons. The molecule has 9 heteroatoms. The Balaban J connectivity index is 1.47. The molecule has 0 radical (unpaired) electrons. The smallest absolute Gasteiger partial charge is 0.413 e. The summed E-state index contributed by atoms with van der Waals surface area (Å²) in [6, 6.07) is 3.36. The highest BCUT2D eigenvalue weighted by molar-refractivity contribution is 5.99. The van der Waals surface area contributed by atoms with Crippen molar-refractivity contribution < 1.29 is 23.4 Å². The Morgan fingerprint density at radius 2 is 2.00 bits per heavy atom. The van der Waals surface area contributed by atoms with Crippen LogP contribution >= 0.6 is 0 Å². The standard InChI is InChI=1S/C24H25FN4O4/c1-13-16-3-2-6-32-23(16)28-11-18(13)17-9-14-10-20(27-12-19(14)22(26)21(17)25)29-24(30)33-15-4-7-31-8-5-15/h9-12,15H,2-8,26H2,1H3,(H,27,29,30). The molecule has 0 unspecified atom stereocenters. The molecule has 33 heavy (non-hydrogen) atoms. The maximum Gasteiger partial charge on any atom is 0.413 e. The highest BCUT2D eigenvalue weighted by Gasteiger charge is 2.22. The van der Waals surface area contributed by atoms with Gasteiger partial charge >= 0.3 is 6.09 Å². The number of carbonyl (C=O) groups excluding carboxylic acids is 1. The van der Waals surface area contributed by atoms with Gasteiger partial charge in [-0.15, -0.1) is 0 Å². The van der Waals surface area contributed by atoms with Crippen molar-refractivity contribution in [3.63, 3.8) is 0 Å². The van der Waals surface area contributed by atoms with Crippen LogP contribution in [0, 0.1) is 12.7 Å². The van der Waals surface area contributed by atoms with Crippen molar-refractivity contribution in [1.29, 1.82) is 0 Å². The summed E-state index contributed by atoms with van der Waals surface area (Å²) in [4.78, 5) is 20.9. The number of nitrogens with one attached hydrogen (secondary N) is 1. The van der Waals surface area contributed by atoms with E-state index in [1.807, 2.05) is 6.92 Å². The number of rotatable bonds is 3. The maximum absolute atomic E-state index is 15.3. The summed E-state index contributed by atoms with van der Waals surface area (Å²) in [5.41, 5.74) is 9.06. The second-order valence-electron chi connectivity index (χ2n) is 8.32. The number of pyridine rings is 2. The zero-order valence-electron chi connectivity index (χ0n) is 18.3.